The number of hydrogen-bond donors (Lipinski definition) is 0. The molecule has 0 fully saturated rings. The van der Waals surface area contributed by atoms with Crippen LogP contribution in [0, 0.1) is 0 Å². The predicted octanol–water partition coefficient (Wildman–Crippen LogP) is 7.75. The van der Waals surface area contributed by atoms with Gasteiger partial charge in [-0.15, -0.1) is 0 Å². The van der Waals surface area contributed by atoms with Crippen LogP contribution < -0.4 is 0 Å². The van der Waals surface area contributed by atoms with Gasteiger partial charge in [-0.05, 0) is 71.3 Å². The molecule has 0 bridgehead atoms. The molecule has 5 rings (SSSR count). The minimum absolute atomic E-state index is 0.988. The van der Waals surface area contributed by atoms with Crippen LogP contribution in [0.2, 0.25) is 0 Å². The van der Waals surface area contributed by atoms with Crippen LogP contribution in [0.25, 0.3) is 43.7 Å². The van der Waals surface area contributed by atoms with Crippen LogP contribution in [0.4, 0.5) is 0 Å². The third-order valence-electron chi connectivity index (χ3n) is 6.31. The van der Waals surface area contributed by atoms with Crippen molar-refractivity contribution < 1.29 is 0 Å². The highest BCUT2D eigenvalue weighted by Crippen LogP contribution is 2.35. The fraction of sp³-hybridized carbons (Fsp3) is 0.241. The highest BCUT2D eigenvalue weighted by atomic mass is 32.2. The van der Waals surface area contributed by atoms with E-state index in [0.29, 0.717) is 0 Å². The monoisotopic (exact) mass is 424 g/mol. The number of nitrogens with zero attached hydrogens (tertiary/aromatic N) is 1. The van der Waals surface area contributed by atoms with Gasteiger partial charge in [-0.2, -0.15) is 0 Å². The van der Waals surface area contributed by atoms with Gasteiger partial charge in [-0.1, -0.05) is 67.9 Å². The van der Waals surface area contributed by atoms with E-state index in [2.05, 4.69) is 97.3 Å². The van der Waals surface area contributed by atoms with E-state index in [1.165, 1.54) is 67.9 Å². The number of unbranched alkanes of at least 4 members (excludes halogenated alkanes) is 1. The standard InChI is InChI=1S/C29H29NS/c1-3-5-17-31-20-21-13-15-28-26(18-21)27-19-23(14-16-29(27)30(28)4-2)25-12-8-10-22-9-6-7-11-24(22)25/h6-16,18-19H,3-5,17,20H2,1-2H3/p+1. The smallest absolute Gasteiger partial charge is 0.131 e. The van der Waals surface area contributed by atoms with Gasteiger partial charge in [0.05, 0.1) is 0 Å². The lowest BCUT2D eigenvalue weighted by Crippen LogP contribution is -1.95. The van der Waals surface area contributed by atoms with Crippen LogP contribution in [-0.4, -0.2) is 10.3 Å². The first-order valence-corrected chi connectivity index (χ1v) is 12.7. The number of benzene rings is 4. The average molecular weight is 425 g/mol. The highest BCUT2D eigenvalue weighted by molar-refractivity contribution is 7.77. The third kappa shape index (κ3) is 3.74. The molecule has 0 aliphatic heterocycles. The van der Waals surface area contributed by atoms with Crippen LogP contribution in [0.5, 0.6) is 0 Å². The zero-order valence-electron chi connectivity index (χ0n) is 18.4. The van der Waals surface area contributed by atoms with E-state index in [1.807, 2.05) is 0 Å². The Morgan fingerprint density at radius 2 is 1.52 bits per heavy atom. The molecule has 0 aliphatic rings. The van der Waals surface area contributed by atoms with Crippen LogP contribution in [0.1, 0.15) is 32.3 Å². The summed E-state index contributed by atoms with van der Waals surface area (Å²) in [4.78, 5) is 0. The molecule has 0 aliphatic carbocycles. The number of aromatic nitrogens is 1. The van der Waals surface area contributed by atoms with Crippen LogP contribution >= 0.6 is 0 Å². The Kier molecular flexibility index (Phi) is 5.74. The topological polar surface area (TPSA) is 4.93 Å². The number of fused-ring (bicyclic) bond motifs is 4. The van der Waals surface area contributed by atoms with Crippen LogP contribution in [0.3, 0.4) is 0 Å². The van der Waals surface area contributed by atoms with E-state index >= 15 is 0 Å². The lowest BCUT2D eigenvalue weighted by atomic mass is 9.97. The first-order chi connectivity index (χ1) is 15.3. The van der Waals surface area contributed by atoms with E-state index < -0.39 is 0 Å². The van der Waals surface area contributed by atoms with Gasteiger partial charge >= 0.3 is 0 Å². The molecular weight excluding hydrogens is 394 g/mol. The minimum Gasteiger partial charge on any atom is -0.341 e. The molecule has 0 atom stereocenters. The predicted molar refractivity (Wildman–Crippen MR) is 140 cm³/mol. The van der Waals surface area contributed by atoms with Gasteiger partial charge in [-0.3, -0.25) is 0 Å². The van der Waals surface area contributed by atoms with Crippen molar-refractivity contribution in [2.75, 3.05) is 5.75 Å². The Hall–Kier alpha value is -2.71. The molecular formula is C29H30NS+. The van der Waals surface area contributed by atoms with E-state index in [4.69, 9.17) is 0 Å². The van der Waals surface area contributed by atoms with Gasteiger partial charge in [0.25, 0.3) is 0 Å². The van der Waals surface area contributed by atoms with E-state index in [0.717, 1.165) is 12.3 Å². The Morgan fingerprint density at radius 1 is 0.742 bits per heavy atom. The molecule has 1 aromatic heterocycles. The van der Waals surface area contributed by atoms with Crippen molar-refractivity contribution in [3.8, 4) is 11.1 Å². The zero-order valence-corrected chi connectivity index (χ0v) is 19.3. The summed E-state index contributed by atoms with van der Waals surface area (Å²) >= 11 is 1.54. The van der Waals surface area contributed by atoms with Crippen molar-refractivity contribution in [3.05, 3.63) is 84.4 Å². The second-order valence-electron chi connectivity index (χ2n) is 8.31. The maximum atomic E-state index is 2.45. The SMILES string of the molecule is CCCC[SH+]Cc1ccc2c(c1)c1cc(-c3cccc4ccccc34)ccc1n2CC. The Labute approximate surface area is 189 Å². The van der Waals surface area contributed by atoms with Gasteiger partial charge in [0.1, 0.15) is 11.5 Å². The lowest BCUT2D eigenvalue weighted by Gasteiger charge is -2.08. The quantitative estimate of drug-likeness (QED) is 0.143. The second kappa shape index (κ2) is 8.80. The summed E-state index contributed by atoms with van der Waals surface area (Å²) in [6.07, 6.45) is 2.61. The molecule has 0 unspecified atom stereocenters. The first kappa shape index (κ1) is 20.2. The largest absolute Gasteiger partial charge is 0.341 e. The van der Waals surface area contributed by atoms with Gasteiger partial charge in [-0.25, -0.2) is 0 Å². The average Bonchev–Trinajstić information content (AvgIpc) is 3.13. The highest BCUT2D eigenvalue weighted by Gasteiger charge is 2.13. The summed E-state index contributed by atoms with van der Waals surface area (Å²) in [6.45, 7) is 5.51. The summed E-state index contributed by atoms with van der Waals surface area (Å²) in [6, 6.07) is 29.4. The van der Waals surface area contributed by atoms with Gasteiger partial charge < -0.3 is 4.57 Å². The molecule has 156 valence electrons. The molecule has 0 saturated carbocycles. The van der Waals surface area contributed by atoms with Crippen LogP contribution in [0.15, 0.2) is 78.9 Å². The molecule has 0 radical (unpaired) electrons. The van der Waals surface area contributed by atoms with Gasteiger partial charge in [0, 0.05) is 33.9 Å². The lowest BCUT2D eigenvalue weighted by molar-refractivity contribution is 0.827. The first-order valence-electron chi connectivity index (χ1n) is 11.5. The summed E-state index contributed by atoms with van der Waals surface area (Å²) in [5.41, 5.74) is 6.75. The van der Waals surface area contributed by atoms with Crippen LogP contribution in [-0.2, 0) is 24.1 Å². The molecule has 0 amide bonds. The van der Waals surface area contributed by atoms with Gasteiger partial charge in [0.2, 0.25) is 0 Å². The Balaban J connectivity index is 1.65. The molecule has 0 N–H and O–H groups in total. The Bertz CT molecular complexity index is 1360. The van der Waals surface area contributed by atoms with E-state index in [9.17, 15) is 0 Å². The molecule has 1 heterocycles. The fourth-order valence-electron chi connectivity index (χ4n) is 4.71. The zero-order chi connectivity index (χ0) is 21.2. The summed E-state index contributed by atoms with van der Waals surface area (Å²) < 4.78 is 2.45. The van der Waals surface area contributed by atoms with Crippen molar-refractivity contribution in [2.24, 2.45) is 0 Å². The maximum Gasteiger partial charge on any atom is 0.131 e. The summed E-state index contributed by atoms with van der Waals surface area (Å²) in [5, 5.41) is 5.37. The fourth-order valence-corrected chi connectivity index (χ4v) is 5.87. The molecule has 4 aromatic carbocycles. The second-order valence-corrected chi connectivity index (χ2v) is 9.52. The minimum atomic E-state index is 0.988. The molecule has 1 nitrogen and oxygen atoms in total. The van der Waals surface area contributed by atoms with Crippen molar-refractivity contribution in [1.82, 2.24) is 4.57 Å². The van der Waals surface area contributed by atoms with E-state index in [-0.39, 0.29) is 0 Å². The van der Waals surface area contributed by atoms with Crippen molar-refractivity contribution in [2.45, 2.75) is 39.0 Å². The van der Waals surface area contributed by atoms with Crippen molar-refractivity contribution in [3.63, 3.8) is 0 Å². The molecule has 0 spiro atoms. The molecule has 5 aromatic rings. The molecule has 0 saturated heterocycles. The number of aryl methyl sites for hydroxylation is 1. The summed E-state index contributed by atoms with van der Waals surface area (Å²) in [7, 11) is 0. The normalized spacial score (nSPS) is 11.7. The number of rotatable bonds is 7. The van der Waals surface area contributed by atoms with Crippen molar-refractivity contribution >= 4 is 44.3 Å². The van der Waals surface area contributed by atoms with Gasteiger partial charge in [0.15, 0.2) is 0 Å². The number of thiol groups is 1. The maximum absolute atomic E-state index is 2.45. The third-order valence-corrected chi connectivity index (χ3v) is 7.53. The number of hydrogen-bond acceptors (Lipinski definition) is 0. The Morgan fingerprint density at radius 3 is 2.35 bits per heavy atom. The molecule has 31 heavy (non-hydrogen) atoms. The van der Waals surface area contributed by atoms with Crippen molar-refractivity contribution in [1.29, 1.82) is 0 Å². The summed E-state index contributed by atoms with van der Waals surface area (Å²) in [5.74, 6) is 2.45. The van der Waals surface area contributed by atoms with E-state index in [1.54, 1.807) is 11.8 Å². The molecule has 2 heteroatoms.